The molecule has 6 heteroatoms. The molecule has 0 aromatic carbocycles. The van der Waals surface area contributed by atoms with Crippen molar-refractivity contribution >= 4 is 22.6 Å². The molecule has 1 saturated heterocycles. The van der Waals surface area contributed by atoms with Crippen LogP contribution in [0.2, 0.25) is 0 Å². The number of morpholine rings is 1. The molecule has 1 fully saturated rings. The highest BCUT2D eigenvalue weighted by Gasteiger charge is 2.12. The van der Waals surface area contributed by atoms with E-state index in [0.29, 0.717) is 5.88 Å². The maximum Gasteiger partial charge on any atom is 0.124 e. The molecule has 0 bridgehead atoms. The molecule has 0 saturated carbocycles. The summed E-state index contributed by atoms with van der Waals surface area (Å²) in [5.74, 6) is 1.36. The third kappa shape index (κ3) is 2.95. The molecular weight excluding hydrogens is 276 g/mol. The maximum atomic E-state index is 6.00. The molecule has 5 nitrogen and oxygen atoms in total. The van der Waals surface area contributed by atoms with Crippen LogP contribution in [0, 0.1) is 0 Å². The molecule has 0 atom stereocenters. The number of ether oxygens (including phenoxy) is 1. The zero-order valence-corrected chi connectivity index (χ0v) is 12.2. The van der Waals surface area contributed by atoms with Crippen LogP contribution in [0.25, 0.3) is 11.0 Å². The summed E-state index contributed by atoms with van der Waals surface area (Å²) in [6.07, 6.45) is 4.70. The first-order valence-corrected chi connectivity index (χ1v) is 7.57. The summed E-state index contributed by atoms with van der Waals surface area (Å²) in [6, 6.07) is 2.01. The quantitative estimate of drug-likeness (QED) is 0.790. The molecule has 3 heterocycles. The zero-order chi connectivity index (χ0) is 13.8. The smallest absolute Gasteiger partial charge is 0.124 e. The van der Waals surface area contributed by atoms with Gasteiger partial charge in [-0.15, -0.1) is 11.6 Å². The number of alkyl halides is 1. The second kappa shape index (κ2) is 6.52. The number of halogens is 1. The van der Waals surface area contributed by atoms with Gasteiger partial charge < -0.3 is 9.30 Å². The Hall–Kier alpha value is -1.17. The molecule has 0 amide bonds. The van der Waals surface area contributed by atoms with Crippen LogP contribution >= 0.6 is 11.6 Å². The van der Waals surface area contributed by atoms with Gasteiger partial charge in [0.2, 0.25) is 0 Å². The second-order valence-corrected chi connectivity index (χ2v) is 5.25. The summed E-state index contributed by atoms with van der Waals surface area (Å²) in [5.41, 5.74) is 2.05. The van der Waals surface area contributed by atoms with Crippen molar-refractivity contribution in [1.29, 1.82) is 0 Å². The van der Waals surface area contributed by atoms with E-state index in [-0.39, 0.29) is 0 Å². The Kier molecular flexibility index (Phi) is 4.50. The number of fused-ring (bicyclic) bond motifs is 1. The highest BCUT2D eigenvalue weighted by molar-refractivity contribution is 6.16. The Bertz CT molecular complexity index is 565. The maximum absolute atomic E-state index is 6.00. The molecule has 1 aliphatic rings. The largest absolute Gasteiger partial charge is 0.379 e. The predicted octanol–water partition coefficient (Wildman–Crippen LogP) is 1.89. The average molecular weight is 295 g/mol. The van der Waals surface area contributed by atoms with E-state index in [0.717, 1.165) is 62.7 Å². The third-order valence-electron chi connectivity index (χ3n) is 3.71. The van der Waals surface area contributed by atoms with Crippen molar-refractivity contribution in [2.75, 3.05) is 32.8 Å². The fourth-order valence-corrected chi connectivity index (χ4v) is 2.86. The Labute approximate surface area is 123 Å². The van der Waals surface area contributed by atoms with Crippen molar-refractivity contribution in [2.45, 2.75) is 18.8 Å². The summed E-state index contributed by atoms with van der Waals surface area (Å²) in [4.78, 5) is 11.1. The van der Waals surface area contributed by atoms with Gasteiger partial charge in [-0.05, 0) is 12.5 Å². The predicted molar refractivity (Wildman–Crippen MR) is 79.0 cm³/mol. The van der Waals surface area contributed by atoms with Gasteiger partial charge in [0.1, 0.15) is 11.3 Å². The fourth-order valence-electron chi connectivity index (χ4n) is 2.66. The molecule has 0 unspecified atom stereocenters. The van der Waals surface area contributed by atoms with Gasteiger partial charge in [-0.25, -0.2) is 4.98 Å². The van der Waals surface area contributed by atoms with Crippen molar-refractivity contribution in [3.63, 3.8) is 0 Å². The summed E-state index contributed by atoms with van der Waals surface area (Å²) in [7, 11) is 0. The molecule has 1 aliphatic heterocycles. The molecule has 0 radical (unpaired) electrons. The van der Waals surface area contributed by atoms with Gasteiger partial charge in [0.25, 0.3) is 0 Å². The lowest BCUT2D eigenvalue weighted by atomic mass is 10.3. The van der Waals surface area contributed by atoms with E-state index >= 15 is 0 Å². The summed E-state index contributed by atoms with van der Waals surface area (Å²) in [5, 5.41) is 0. The number of aryl methyl sites for hydroxylation is 1. The van der Waals surface area contributed by atoms with Gasteiger partial charge in [-0.1, -0.05) is 0 Å². The van der Waals surface area contributed by atoms with Crippen molar-refractivity contribution in [3.05, 3.63) is 24.3 Å². The van der Waals surface area contributed by atoms with E-state index in [1.165, 1.54) is 0 Å². The van der Waals surface area contributed by atoms with Gasteiger partial charge in [-0.2, -0.15) is 0 Å². The van der Waals surface area contributed by atoms with Crippen LogP contribution in [0.1, 0.15) is 12.2 Å². The van der Waals surface area contributed by atoms with Crippen molar-refractivity contribution in [1.82, 2.24) is 19.4 Å². The minimum atomic E-state index is 0.437. The molecule has 0 aliphatic carbocycles. The van der Waals surface area contributed by atoms with E-state index in [4.69, 9.17) is 16.3 Å². The fraction of sp³-hybridized carbons (Fsp3) is 0.571. The number of nitrogens with zero attached hydrogens (tertiary/aromatic N) is 4. The summed E-state index contributed by atoms with van der Waals surface area (Å²) in [6.45, 7) is 5.82. The van der Waals surface area contributed by atoms with Gasteiger partial charge in [-0.3, -0.25) is 9.88 Å². The van der Waals surface area contributed by atoms with E-state index in [2.05, 4.69) is 19.4 Å². The SMILES string of the molecule is ClCc1nc2cnccc2n1CCCN1CCOCC1. The van der Waals surface area contributed by atoms with Gasteiger partial charge >= 0.3 is 0 Å². The van der Waals surface area contributed by atoms with Gasteiger partial charge in [0.15, 0.2) is 0 Å². The topological polar surface area (TPSA) is 43.2 Å². The molecule has 2 aromatic rings. The second-order valence-electron chi connectivity index (χ2n) is 4.99. The van der Waals surface area contributed by atoms with Gasteiger partial charge in [0.05, 0.1) is 30.8 Å². The lowest BCUT2D eigenvalue weighted by Gasteiger charge is -2.26. The summed E-state index contributed by atoms with van der Waals surface area (Å²) < 4.78 is 7.58. The molecule has 108 valence electrons. The van der Waals surface area contributed by atoms with Crippen LogP contribution in [0.4, 0.5) is 0 Å². The van der Waals surface area contributed by atoms with Crippen molar-refractivity contribution in [3.8, 4) is 0 Å². The number of pyridine rings is 1. The first-order chi connectivity index (χ1) is 9.88. The first kappa shape index (κ1) is 13.8. The number of hydrogen-bond acceptors (Lipinski definition) is 4. The Morgan fingerprint density at radius 2 is 2.10 bits per heavy atom. The lowest BCUT2D eigenvalue weighted by Crippen LogP contribution is -2.37. The summed E-state index contributed by atoms with van der Waals surface area (Å²) >= 11 is 6.00. The van der Waals surface area contributed by atoms with Crippen molar-refractivity contribution in [2.24, 2.45) is 0 Å². The highest BCUT2D eigenvalue weighted by Crippen LogP contribution is 2.17. The highest BCUT2D eigenvalue weighted by atomic mass is 35.5. The van der Waals surface area contributed by atoms with E-state index in [1.807, 2.05) is 6.07 Å². The molecule has 0 N–H and O–H groups in total. The number of aromatic nitrogens is 3. The Morgan fingerprint density at radius 3 is 2.90 bits per heavy atom. The number of rotatable bonds is 5. The molecular formula is C14H19ClN4O. The van der Waals surface area contributed by atoms with Crippen LogP contribution < -0.4 is 0 Å². The van der Waals surface area contributed by atoms with E-state index in [9.17, 15) is 0 Å². The average Bonchev–Trinajstić information content (AvgIpc) is 2.87. The standard InChI is InChI=1S/C14H19ClN4O/c15-10-14-17-12-11-16-3-2-13(12)19(14)5-1-4-18-6-8-20-9-7-18/h2-3,11H,1,4-10H2. The van der Waals surface area contributed by atoms with Crippen LogP contribution in [0.3, 0.4) is 0 Å². The molecule has 0 spiro atoms. The molecule has 20 heavy (non-hydrogen) atoms. The first-order valence-electron chi connectivity index (χ1n) is 7.03. The minimum Gasteiger partial charge on any atom is -0.379 e. The Balaban J connectivity index is 1.66. The van der Waals surface area contributed by atoms with Gasteiger partial charge in [0, 0.05) is 32.4 Å². The van der Waals surface area contributed by atoms with Crippen LogP contribution in [-0.2, 0) is 17.2 Å². The van der Waals surface area contributed by atoms with Crippen LogP contribution in [-0.4, -0.2) is 52.3 Å². The normalized spacial score (nSPS) is 16.9. The van der Waals surface area contributed by atoms with E-state index in [1.54, 1.807) is 12.4 Å². The molecule has 2 aromatic heterocycles. The van der Waals surface area contributed by atoms with Crippen molar-refractivity contribution < 1.29 is 4.74 Å². The minimum absolute atomic E-state index is 0.437. The monoisotopic (exact) mass is 294 g/mol. The zero-order valence-electron chi connectivity index (χ0n) is 11.5. The van der Waals surface area contributed by atoms with Crippen LogP contribution in [0.15, 0.2) is 18.5 Å². The van der Waals surface area contributed by atoms with Crippen LogP contribution in [0.5, 0.6) is 0 Å². The third-order valence-corrected chi connectivity index (χ3v) is 3.95. The number of imidazole rings is 1. The number of hydrogen-bond donors (Lipinski definition) is 0. The Morgan fingerprint density at radius 1 is 1.25 bits per heavy atom. The van der Waals surface area contributed by atoms with E-state index < -0.39 is 0 Å². The molecule has 3 rings (SSSR count). The lowest BCUT2D eigenvalue weighted by molar-refractivity contribution is 0.0369.